The summed E-state index contributed by atoms with van der Waals surface area (Å²) in [4.78, 5) is 4.08. The highest BCUT2D eigenvalue weighted by atomic mass is 16.5. The Balaban J connectivity index is 2.46. The first kappa shape index (κ1) is 10.5. The van der Waals surface area contributed by atoms with Crippen LogP contribution in [0.25, 0.3) is 11.1 Å². The lowest BCUT2D eigenvalue weighted by Gasteiger charge is -2.09. The van der Waals surface area contributed by atoms with Crippen molar-refractivity contribution in [2.75, 3.05) is 12.3 Å². The molecule has 1 heterocycles. The third-order valence-corrected chi connectivity index (χ3v) is 2.26. The monoisotopic (exact) mass is 214 g/mol. The molecule has 1 aromatic carbocycles. The molecule has 0 atom stereocenters. The van der Waals surface area contributed by atoms with E-state index in [-0.39, 0.29) is 0 Å². The van der Waals surface area contributed by atoms with Gasteiger partial charge in [0.25, 0.3) is 0 Å². The first-order valence-corrected chi connectivity index (χ1v) is 5.24. The van der Waals surface area contributed by atoms with Crippen molar-refractivity contribution in [1.29, 1.82) is 0 Å². The van der Waals surface area contributed by atoms with Crippen molar-refractivity contribution in [3.05, 3.63) is 42.7 Å². The van der Waals surface area contributed by atoms with E-state index in [1.54, 1.807) is 12.4 Å². The molecule has 0 bridgehead atoms. The number of pyridine rings is 1. The van der Waals surface area contributed by atoms with Crippen molar-refractivity contribution in [3.8, 4) is 16.9 Å². The number of para-hydroxylation sites is 1. The Morgan fingerprint density at radius 2 is 2.06 bits per heavy atom. The second-order valence-corrected chi connectivity index (χ2v) is 3.44. The van der Waals surface area contributed by atoms with E-state index in [9.17, 15) is 0 Å². The average molecular weight is 214 g/mol. The molecule has 0 aliphatic heterocycles. The van der Waals surface area contributed by atoms with Crippen LogP contribution in [0, 0.1) is 0 Å². The average Bonchev–Trinajstić information content (AvgIpc) is 2.30. The third kappa shape index (κ3) is 2.14. The number of benzene rings is 1. The molecule has 2 N–H and O–H groups in total. The molecular formula is C13H14N2O. The minimum absolute atomic E-state index is 0.646. The summed E-state index contributed by atoms with van der Waals surface area (Å²) in [5.41, 5.74) is 8.37. The molecule has 0 radical (unpaired) electrons. The number of aromatic nitrogens is 1. The zero-order valence-electron chi connectivity index (χ0n) is 9.18. The number of nitrogens with two attached hydrogens (primary N) is 1. The number of hydrogen-bond acceptors (Lipinski definition) is 3. The van der Waals surface area contributed by atoms with Gasteiger partial charge in [0.2, 0.25) is 0 Å². The van der Waals surface area contributed by atoms with Gasteiger partial charge in [-0.25, -0.2) is 0 Å². The van der Waals surface area contributed by atoms with Gasteiger partial charge in [-0.05, 0) is 19.1 Å². The summed E-state index contributed by atoms with van der Waals surface area (Å²) in [7, 11) is 0. The second kappa shape index (κ2) is 4.66. The van der Waals surface area contributed by atoms with Crippen molar-refractivity contribution >= 4 is 5.69 Å². The van der Waals surface area contributed by atoms with Crippen LogP contribution in [0.1, 0.15) is 6.92 Å². The van der Waals surface area contributed by atoms with E-state index in [1.165, 1.54) is 0 Å². The Labute approximate surface area is 94.9 Å². The van der Waals surface area contributed by atoms with Crippen molar-refractivity contribution < 1.29 is 4.74 Å². The molecule has 16 heavy (non-hydrogen) atoms. The fourth-order valence-corrected chi connectivity index (χ4v) is 1.59. The molecule has 0 spiro atoms. The lowest BCUT2D eigenvalue weighted by Crippen LogP contribution is -1.94. The van der Waals surface area contributed by atoms with Crippen molar-refractivity contribution in [2.45, 2.75) is 6.92 Å². The molecule has 0 unspecified atom stereocenters. The SMILES string of the molecule is CCOc1ccccc1-c1cncc(N)c1. The number of nitrogens with zero attached hydrogens (tertiary/aromatic N) is 1. The number of hydrogen-bond donors (Lipinski definition) is 1. The maximum Gasteiger partial charge on any atom is 0.127 e. The summed E-state index contributed by atoms with van der Waals surface area (Å²) < 4.78 is 5.56. The predicted octanol–water partition coefficient (Wildman–Crippen LogP) is 2.73. The summed E-state index contributed by atoms with van der Waals surface area (Å²) in [5, 5.41) is 0. The van der Waals surface area contributed by atoms with Gasteiger partial charge in [-0.1, -0.05) is 18.2 Å². The number of ether oxygens (including phenoxy) is 1. The molecule has 2 aromatic rings. The Morgan fingerprint density at radius 3 is 2.81 bits per heavy atom. The van der Waals surface area contributed by atoms with E-state index in [2.05, 4.69) is 4.98 Å². The molecule has 82 valence electrons. The fraction of sp³-hybridized carbons (Fsp3) is 0.154. The molecule has 0 aliphatic rings. The summed E-state index contributed by atoms with van der Waals surface area (Å²) in [5.74, 6) is 0.859. The molecule has 3 heteroatoms. The molecule has 0 saturated heterocycles. The molecule has 1 aromatic heterocycles. The van der Waals surface area contributed by atoms with Crippen LogP contribution in [0.15, 0.2) is 42.7 Å². The lowest BCUT2D eigenvalue weighted by atomic mass is 10.1. The molecule has 0 saturated carbocycles. The highest BCUT2D eigenvalue weighted by Gasteiger charge is 2.05. The van der Waals surface area contributed by atoms with Crippen LogP contribution >= 0.6 is 0 Å². The smallest absolute Gasteiger partial charge is 0.127 e. The first-order chi connectivity index (χ1) is 7.81. The zero-order valence-corrected chi connectivity index (χ0v) is 9.18. The maximum absolute atomic E-state index is 5.72. The second-order valence-electron chi connectivity index (χ2n) is 3.44. The van der Waals surface area contributed by atoms with Gasteiger partial charge >= 0.3 is 0 Å². The molecule has 0 fully saturated rings. The minimum Gasteiger partial charge on any atom is -0.493 e. The molecular weight excluding hydrogens is 200 g/mol. The van der Waals surface area contributed by atoms with Crippen LogP contribution in [-0.2, 0) is 0 Å². The highest BCUT2D eigenvalue weighted by molar-refractivity contribution is 5.71. The normalized spacial score (nSPS) is 10.1. The van der Waals surface area contributed by atoms with Gasteiger partial charge in [0, 0.05) is 23.5 Å². The van der Waals surface area contributed by atoms with E-state index < -0.39 is 0 Å². The number of rotatable bonds is 3. The fourth-order valence-electron chi connectivity index (χ4n) is 1.59. The molecule has 0 amide bonds. The molecule has 2 rings (SSSR count). The summed E-state index contributed by atoms with van der Waals surface area (Å²) >= 11 is 0. The van der Waals surface area contributed by atoms with E-state index in [4.69, 9.17) is 10.5 Å². The standard InChI is InChI=1S/C13H14N2O/c1-2-16-13-6-4-3-5-12(13)10-7-11(14)9-15-8-10/h3-9H,2,14H2,1H3. The van der Waals surface area contributed by atoms with Crippen LogP contribution in [0.4, 0.5) is 5.69 Å². The van der Waals surface area contributed by atoms with E-state index in [1.807, 2.05) is 37.3 Å². The van der Waals surface area contributed by atoms with E-state index >= 15 is 0 Å². The Morgan fingerprint density at radius 1 is 1.25 bits per heavy atom. The number of nitrogen functional groups attached to an aromatic ring is 1. The van der Waals surface area contributed by atoms with Gasteiger partial charge < -0.3 is 10.5 Å². The van der Waals surface area contributed by atoms with Gasteiger partial charge in [0.05, 0.1) is 12.3 Å². The zero-order chi connectivity index (χ0) is 11.4. The predicted molar refractivity (Wildman–Crippen MR) is 65.3 cm³/mol. The van der Waals surface area contributed by atoms with Gasteiger partial charge in [-0.3, -0.25) is 4.98 Å². The topological polar surface area (TPSA) is 48.1 Å². The quantitative estimate of drug-likeness (QED) is 0.854. The molecule has 0 aliphatic carbocycles. The van der Waals surface area contributed by atoms with Crippen LogP contribution < -0.4 is 10.5 Å². The summed E-state index contributed by atoms with van der Waals surface area (Å²) in [6, 6.07) is 9.77. The van der Waals surface area contributed by atoms with Crippen molar-refractivity contribution in [3.63, 3.8) is 0 Å². The minimum atomic E-state index is 0.646. The Kier molecular flexibility index (Phi) is 3.05. The lowest BCUT2D eigenvalue weighted by molar-refractivity contribution is 0.341. The van der Waals surface area contributed by atoms with Crippen LogP contribution in [0.5, 0.6) is 5.75 Å². The van der Waals surface area contributed by atoms with E-state index in [0.717, 1.165) is 16.9 Å². The maximum atomic E-state index is 5.72. The van der Waals surface area contributed by atoms with Crippen LogP contribution in [0.3, 0.4) is 0 Å². The Hall–Kier alpha value is -2.03. The highest BCUT2D eigenvalue weighted by Crippen LogP contribution is 2.29. The number of anilines is 1. The summed E-state index contributed by atoms with van der Waals surface area (Å²) in [6.45, 7) is 2.61. The largest absolute Gasteiger partial charge is 0.493 e. The van der Waals surface area contributed by atoms with Gasteiger partial charge in [0.1, 0.15) is 5.75 Å². The van der Waals surface area contributed by atoms with Crippen LogP contribution in [-0.4, -0.2) is 11.6 Å². The Bertz CT molecular complexity index is 483. The van der Waals surface area contributed by atoms with Crippen LogP contribution in [0.2, 0.25) is 0 Å². The van der Waals surface area contributed by atoms with Gasteiger partial charge in [-0.15, -0.1) is 0 Å². The summed E-state index contributed by atoms with van der Waals surface area (Å²) in [6.07, 6.45) is 3.42. The van der Waals surface area contributed by atoms with Gasteiger partial charge in [-0.2, -0.15) is 0 Å². The van der Waals surface area contributed by atoms with Crippen molar-refractivity contribution in [2.24, 2.45) is 0 Å². The van der Waals surface area contributed by atoms with Gasteiger partial charge in [0.15, 0.2) is 0 Å². The first-order valence-electron chi connectivity index (χ1n) is 5.24. The third-order valence-electron chi connectivity index (χ3n) is 2.26. The van der Waals surface area contributed by atoms with E-state index in [0.29, 0.717) is 12.3 Å². The van der Waals surface area contributed by atoms with Crippen molar-refractivity contribution in [1.82, 2.24) is 4.98 Å². The molecule has 3 nitrogen and oxygen atoms in total.